The summed E-state index contributed by atoms with van der Waals surface area (Å²) in [5, 5.41) is 0. The Morgan fingerprint density at radius 1 is 1.29 bits per heavy atom. The number of halogens is 1. The molecule has 0 aromatic carbocycles. The molecule has 3 nitrogen and oxygen atoms in total. The maximum absolute atomic E-state index is 14.1. The fourth-order valence-electron chi connectivity index (χ4n) is 2.02. The summed E-state index contributed by atoms with van der Waals surface area (Å²) in [5.74, 6) is -1.92. The van der Waals surface area contributed by atoms with Crippen molar-refractivity contribution in [3.63, 3.8) is 0 Å². The SMILES string of the molecule is B[C@@]1(F)O[C@H](COC(C)C)C(OC(C)C)[C@@H]1C. The van der Waals surface area contributed by atoms with Gasteiger partial charge in [-0.1, -0.05) is 6.92 Å². The highest BCUT2D eigenvalue weighted by atomic mass is 19.2. The molecule has 1 unspecified atom stereocenters. The first-order valence-electron chi connectivity index (χ1n) is 6.37. The molecule has 1 aliphatic heterocycles. The van der Waals surface area contributed by atoms with E-state index in [9.17, 15) is 4.39 Å². The summed E-state index contributed by atoms with van der Waals surface area (Å²) in [6, 6.07) is 0. The van der Waals surface area contributed by atoms with E-state index in [4.69, 9.17) is 14.2 Å². The average molecular weight is 246 g/mol. The maximum atomic E-state index is 14.1. The summed E-state index contributed by atoms with van der Waals surface area (Å²) in [6.45, 7) is 9.99. The smallest absolute Gasteiger partial charge is 0.186 e. The third-order valence-electron chi connectivity index (χ3n) is 3.08. The summed E-state index contributed by atoms with van der Waals surface area (Å²) in [5.41, 5.74) is 0. The molecule has 100 valence electrons. The van der Waals surface area contributed by atoms with Crippen LogP contribution in [0.25, 0.3) is 0 Å². The van der Waals surface area contributed by atoms with Crippen molar-refractivity contribution in [2.24, 2.45) is 5.92 Å². The Hall–Kier alpha value is -0.125. The van der Waals surface area contributed by atoms with Gasteiger partial charge in [-0.3, -0.25) is 0 Å². The molecule has 0 amide bonds. The van der Waals surface area contributed by atoms with Gasteiger partial charge in [0, 0.05) is 5.92 Å². The van der Waals surface area contributed by atoms with Gasteiger partial charge in [-0.15, -0.1) is 0 Å². The Morgan fingerprint density at radius 3 is 2.35 bits per heavy atom. The van der Waals surface area contributed by atoms with E-state index in [1.54, 1.807) is 0 Å². The quantitative estimate of drug-likeness (QED) is 0.688. The topological polar surface area (TPSA) is 27.7 Å². The first kappa shape index (κ1) is 14.9. The highest BCUT2D eigenvalue weighted by Gasteiger charge is 2.51. The van der Waals surface area contributed by atoms with Crippen molar-refractivity contribution in [2.45, 2.75) is 64.8 Å². The molecule has 1 saturated heterocycles. The minimum atomic E-state index is -1.63. The summed E-state index contributed by atoms with van der Waals surface area (Å²) in [6.07, 6.45) is -0.407. The fraction of sp³-hybridized carbons (Fsp3) is 1.00. The van der Waals surface area contributed by atoms with Crippen LogP contribution in [0.4, 0.5) is 4.39 Å². The summed E-state index contributed by atoms with van der Waals surface area (Å²) < 4.78 is 30.8. The minimum Gasteiger partial charge on any atom is -0.376 e. The van der Waals surface area contributed by atoms with Gasteiger partial charge in [0.1, 0.15) is 6.10 Å². The van der Waals surface area contributed by atoms with Gasteiger partial charge in [0.25, 0.3) is 0 Å². The van der Waals surface area contributed by atoms with E-state index < -0.39 is 5.75 Å². The number of ether oxygens (including phenoxy) is 3. The molecule has 1 fully saturated rings. The first-order chi connectivity index (χ1) is 7.74. The van der Waals surface area contributed by atoms with Crippen LogP contribution < -0.4 is 0 Å². The van der Waals surface area contributed by atoms with Gasteiger partial charge < -0.3 is 14.2 Å². The lowest BCUT2D eigenvalue weighted by molar-refractivity contribution is -0.121. The molecule has 1 heterocycles. The third kappa shape index (κ3) is 3.93. The van der Waals surface area contributed by atoms with Gasteiger partial charge in [-0.05, 0) is 27.7 Å². The zero-order valence-electron chi connectivity index (χ0n) is 11.7. The van der Waals surface area contributed by atoms with Crippen LogP contribution in [0.15, 0.2) is 0 Å². The normalized spacial score (nSPS) is 38.2. The third-order valence-corrected chi connectivity index (χ3v) is 3.08. The standard InChI is InChI=1S/C12H24BFO3/c1-7(2)15-6-10-11(16-8(3)4)9(5)12(13,14)17-10/h7-11H,6,13H2,1-5H3/t9-,10+,11?,12-/m0/s1. The van der Waals surface area contributed by atoms with E-state index in [1.165, 1.54) is 7.85 Å². The molecule has 0 aromatic heterocycles. The first-order valence-corrected chi connectivity index (χ1v) is 6.37. The van der Waals surface area contributed by atoms with Crippen LogP contribution in [-0.4, -0.2) is 44.6 Å². The van der Waals surface area contributed by atoms with Gasteiger partial charge in [0.15, 0.2) is 13.6 Å². The van der Waals surface area contributed by atoms with Crippen molar-refractivity contribution in [3.05, 3.63) is 0 Å². The zero-order chi connectivity index (χ0) is 13.2. The van der Waals surface area contributed by atoms with Crippen molar-refractivity contribution >= 4 is 7.85 Å². The second-order valence-electron chi connectivity index (χ2n) is 5.46. The lowest BCUT2D eigenvalue weighted by Gasteiger charge is -2.24. The number of hydrogen-bond donors (Lipinski definition) is 0. The molecule has 5 heteroatoms. The Labute approximate surface area is 104 Å². The fourth-order valence-corrected chi connectivity index (χ4v) is 2.02. The van der Waals surface area contributed by atoms with Crippen LogP contribution in [-0.2, 0) is 14.2 Å². The molecule has 0 bridgehead atoms. The molecule has 0 spiro atoms. The van der Waals surface area contributed by atoms with Crippen molar-refractivity contribution in [1.29, 1.82) is 0 Å². The molecule has 1 rings (SSSR count). The van der Waals surface area contributed by atoms with Crippen LogP contribution in [0.2, 0.25) is 0 Å². The number of alkyl halides is 1. The molecular formula is C12H24BFO3. The van der Waals surface area contributed by atoms with Crippen LogP contribution in [0.5, 0.6) is 0 Å². The van der Waals surface area contributed by atoms with Crippen molar-refractivity contribution < 1.29 is 18.6 Å². The Balaban J connectivity index is 2.65. The lowest BCUT2D eigenvalue weighted by Crippen LogP contribution is -2.36. The highest BCUT2D eigenvalue weighted by Crippen LogP contribution is 2.37. The van der Waals surface area contributed by atoms with Gasteiger partial charge in [0.05, 0.1) is 24.9 Å². The van der Waals surface area contributed by atoms with Gasteiger partial charge in [0.2, 0.25) is 0 Å². The molecule has 0 aliphatic carbocycles. The average Bonchev–Trinajstić information content (AvgIpc) is 2.38. The van der Waals surface area contributed by atoms with Crippen LogP contribution in [0.3, 0.4) is 0 Å². The van der Waals surface area contributed by atoms with Crippen LogP contribution >= 0.6 is 0 Å². The Kier molecular flexibility index (Phi) is 4.99. The largest absolute Gasteiger partial charge is 0.376 e. The summed E-state index contributed by atoms with van der Waals surface area (Å²) in [7, 11) is 1.46. The zero-order valence-corrected chi connectivity index (χ0v) is 11.7. The predicted octanol–water partition coefficient (Wildman–Crippen LogP) is 1.50. The van der Waals surface area contributed by atoms with Gasteiger partial charge in [-0.2, -0.15) is 0 Å². The van der Waals surface area contributed by atoms with Crippen molar-refractivity contribution in [2.75, 3.05) is 6.61 Å². The Morgan fingerprint density at radius 2 is 1.88 bits per heavy atom. The molecule has 1 aliphatic rings. The molecule has 0 N–H and O–H groups in total. The van der Waals surface area contributed by atoms with E-state index in [2.05, 4.69) is 0 Å². The lowest BCUT2D eigenvalue weighted by atomic mass is 9.83. The van der Waals surface area contributed by atoms with Crippen molar-refractivity contribution in [1.82, 2.24) is 0 Å². The monoisotopic (exact) mass is 246 g/mol. The second-order valence-corrected chi connectivity index (χ2v) is 5.46. The predicted molar refractivity (Wildman–Crippen MR) is 67.5 cm³/mol. The molecule has 4 atom stereocenters. The van der Waals surface area contributed by atoms with E-state index in [1.807, 2.05) is 34.6 Å². The molecule has 0 aromatic rings. The van der Waals surface area contributed by atoms with E-state index >= 15 is 0 Å². The minimum absolute atomic E-state index is 0.0569. The Bertz CT molecular complexity index is 246. The van der Waals surface area contributed by atoms with E-state index in [0.717, 1.165) is 0 Å². The van der Waals surface area contributed by atoms with Crippen LogP contribution in [0, 0.1) is 5.92 Å². The van der Waals surface area contributed by atoms with E-state index in [-0.39, 0.29) is 30.3 Å². The van der Waals surface area contributed by atoms with Gasteiger partial charge in [-0.25, -0.2) is 4.39 Å². The number of rotatable bonds is 5. The summed E-state index contributed by atoms with van der Waals surface area (Å²) in [4.78, 5) is 0. The van der Waals surface area contributed by atoms with E-state index in [0.29, 0.717) is 6.61 Å². The molecule has 0 saturated carbocycles. The molecule has 17 heavy (non-hydrogen) atoms. The highest BCUT2D eigenvalue weighted by molar-refractivity contribution is 6.13. The van der Waals surface area contributed by atoms with Crippen molar-refractivity contribution in [3.8, 4) is 0 Å². The van der Waals surface area contributed by atoms with Gasteiger partial charge >= 0.3 is 0 Å². The molecule has 0 radical (unpaired) electrons. The summed E-state index contributed by atoms with van der Waals surface area (Å²) >= 11 is 0. The van der Waals surface area contributed by atoms with Crippen LogP contribution in [0.1, 0.15) is 34.6 Å². The molecular weight excluding hydrogens is 222 g/mol. The maximum Gasteiger partial charge on any atom is 0.186 e. The second kappa shape index (κ2) is 5.68. The number of hydrogen-bond acceptors (Lipinski definition) is 3.